The zero-order valence-electron chi connectivity index (χ0n) is 35.0. The summed E-state index contributed by atoms with van der Waals surface area (Å²) in [4.78, 5) is 10.3. The minimum atomic E-state index is -3.05. The van der Waals surface area contributed by atoms with Crippen molar-refractivity contribution in [3.63, 3.8) is 0 Å². The standard InChI is InChI=1S/C9H28O4Si4.C8H26N2O3Si3.C8H24O5Si3.16CH4/c1-14(2,3)11-16(7,8)13-17(9,10)12-15(4,5)6;2*1-14(2,8-10)12-16(5,6)13-15(3,4)11-7-9;;;;;;;;;;;;;;;;/h10H,1-9H3;7-10H2,1-6H3;9-10H,7-8H2,1-6H3;16*1H4. The summed E-state index contributed by atoms with van der Waals surface area (Å²) in [5.41, 5.74) is 11.1. The molecule has 0 aliphatic rings. The largest absolute Gasteiger partial charge is 0.475 e. The molecule has 0 saturated heterocycles. The van der Waals surface area contributed by atoms with Crippen LogP contribution in [0.15, 0.2) is 0 Å². The van der Waals surface area contributed by atoms with E-state index >= 15 is 0 Å². The van der Waals surface area contributed by atoms with Gasteiger partial charge in [0.15, 0.2) is 25.0 Å². The Kier molecular flexibility index (Phi) is 95.7. The maximum atomic E-state index is 10.3. The number of nitrogens with two attached hydrogens (primary N) is 2. The van der Waals surface area contributed by atoms with E-state index in [-0.39, 0.29) is 139 Å². The Morgan fingerprint density at radius 1 is 0.323 bits per heavy atom. The second-order valence-corrected chi connectivity index (χ2v) is 55.6. The average Bonchev–Trinajstić information content (AvgIpc) is 2.72. The fraction of sp³-hybridized carbons (Fsp3) is 1.00. The third-order valence-electron chi connectivity index (χ3n) is 5.23. The molecule has 65 heavy (non-hydrogen) atoms. The van der Waals surface area contributed by atoms with Crippen molar-refractivity contribution in [3.8, 4) is 0 Å². The number of hydrogen-bond acceptors (Lipinski definition) is 14. The molecule has 0 fully saturated rings. The first-order chi connectivity index (χ1) is 21.2. The van der Waals surface area contributed by atoms with Gasteiger partial charge in [-0.15, -0.1) is 0 Å². The molecule has 0 rings (SSSR count). The maximum absolute atomic E-state index is 10.3. The average molecular weight is 1140 g/mol. The van der Waals surface area contributed by atoms with E-state index in [1.165, 1.54) is 0 Å². The molecule has 0 amide bonds. The fourth-order valence-electron chi connectivity index (χ4n) is 4.85. The molecule has 0 heterocycles. The van der Waals surface area contributed by atoms with Gasteiger partial charge in [0.25, 0.3) is 0 Å². The molecule has 0 radical (unpaired) electrons. The summed E-state index contributed by atoms with van der Waals surface area (Å²) in [6, 6.07) is 0. The van der Waals surface area contributed by atoms with Gasteiger partial charge in [0, 0.05) is 12.7 Å². The quantitative estimate of drug-likeness (QED) is 0.0570. The zero-order valence-corrected chi connectivity index (χ0v) is 45.0. The lowest BCUT2D eigenvalue weighted by Crippen LogP contribution is -2.57. The van der Waals surface area contributed by atoms with Crippen LogP contribution in [0.3, 0.4) is 0 Å². The van der Waals surface area contributed by atoms with E-state index in [1.54, 1.807) is 6.55 Å². The van der Waals surface area contributed by atoms with Gasteiger partial charge in [-0.1, -0.05) is 119 Å². The fourth-order valence-corrected chi connectivity index (χ4v) is 43.0. The third kappa shape index (κ3) is 80.0. The van der Waals surface area contributed by atoms with Crippen molar-refractivity contribution < 1.29 is 52.7 Å². The Morgan fingerprint density at radius 3 is 0.815 bits per heavy atom. The van der Waals surface area contributed by atoms with E-state index in [4.69, 9.17) is 54.2 Å². The van der Waals surface area contributed by atoms with Crippen LogP contribution in [0.5, 0.6) is 0 Å². The van der Waals surface area contributed by atoms with E-state index in [0.29, 0.717) is 6.17 Å². The van der Waals surface area contributed by atoms with Crippen LogP contribution in [-0.2, 0) is 37.7 Å². The second-order valence-electron chi connectivity index (χ2n) is 17.3. The van der Waals surface area contributed by atoms with Crippen molar-refractivity contribution in [1.29, 1.82) is 0 Å². The van der Waals surface area contributed by atoms with Crippen LogP contribution < -0.4 is 11.5 Å². The molecule has 1 unspecified atom stereocenters. The van der Waals surface area contributed by atoms with Gasteiger partial charge >= 0.3 is 51.6 Å². The van der Waals surface area contributed by atoms with Gasteiger partial charge in [-0.05, 0) is 131 Å². The molecule has 0 saturated carbocycles. The minimum Gasteiger partial charge on any atom is -0.437 e. The molecule has 14 nitrogen and oxygen atoms in total. The minimum absolute atomic E-state index is 0. The lowest BCUT2D eigenvalue weighted by atomic mass is 11.4. The van der Waals surface area contributed by atoms with E-state index in [0.717, 1.165) is 0 Å². The van der Waals surface area contributed by atoms with E-state index in [9.17, 15) is 9.90 Å². The van der Waals surface area contributed by atoms with Crippen LogP contribution in [0, 0.1) is 0 Å². The van der Waals surface area contributed by atoms with Crippen molar-refractivity contribution >= 4 is 84.9 Å². The highest BCUT2D eigenvalue weighted by molar-refractivity contribution is 6.88. The lowest BCUT2D eigenvalue weighted by molar-refractivity contribution is 0.0705. The van der Waals surface area contributed by atoms with Crippen LogP contribution in [0.4, 0.5) is 0 Å². The first-order valence-corrected chi connectivity index (χ1v) is 46.1. The maximum Gasteiger partial charge on any atom is 0.475 e. The van der Waals surface area contributed by atoms with Crippen LogP contribution >= 0.6 is 0 Å². The van der Waals surface area contributed by atoms with Crippen molar-refractivity contribution in [2.24, 2.45) is 11.5 Å². The summed E-state index contributed by atoms with van der Waals surface area (Å²) in [6.45, 7) is 41.8. The summed E-state index contributed by atoms with van der Waals surface area (Å²) < 4.78 is 52.2. The predicted octanol–water partition coefficient (Wildman–Crippen LogP) is 15.3. The van der Waals surface area contributed by atoms with Crippen molar-refractivity contribution in [1.82, 2.24) is 0 Å². The van der Waals surface area contributed by atoms with Gasteiger partial charge in [0.1, 0.15) is 6.79 Å². The molecule has 0 aliphatic carbocycles. The summed E-state index contributed by atoms with van der Waals surface area (Å²) in [6.07, 6.45) is 0.683. The lowest BCUT2D eigenvalue weighted by Gasteiger charge is -2.37. The summed E-state index contributed by atoms with van der Waals surface area (Å²) in [5, 5.41) is 18.0. The van der Waals surface area contributed by atoms with E-state index in [2.05, 4.69) is 32.7 Å². The highest BCUT2D eigenvalue weighted by Gasteiger charge is 2.45. The molecule has 0 spiro atoms. The van der Waals surface area contributed by atoms with Gasteiger partial charge in [0.05, 0.1) is 13.0 Å². The predicted molar refractivity (Wildman–Crippen MR) is 333 cm³/mol. The molecule has 0 bridgehead atoms. The van der Waals surface area contributed by atoms with Crippen LogP contribution in [0.25, 0.3) is 0 Å². The Labute approximate surface area is 428 Å². The van der Waals surface area contributed by atoms with Gasteiger partial charge in [-0.2, -0.15) is 0 Å². The summed E-state index contributed by atoms with van der Waals surface area (Å²) in [5.74, 6) is 0. The summed E-state index contributed by atoms with van der Waals surface area (Å²) >= 11 is 0. The topological polar surface area (TPSA) is 196 Å². The molecule has 0 aromatic rings. The first-order valence-electron chi connectivity index (χ1n) is 16.7. The van der Waals surface area contributed by atoms with E-state index in [1.807, 2.05) is 98.2 Å². The molecule has 24 heteroatoms. The van der Waals surface area contributed by atoms with Crippen molar-refractivity contribution in [2.75, 3.05) is 25.9 Å². The van der Waals surface area contributed by atoms with Crippen molar-refractivity contribution in [3.05, 3.63) is 0 Å². The van der Waals surface area contributed by atoms with Crippen molar-refractivity contribution in [2.45, 2.75) is 256 Å². The molecule has 1 atom stereocenters. The zero-order chi connectivity index (χ0) is 40.2. The van der Waals surface area contributed by atoms with Gasteiger partial charge in [-0.3, -0.25) is 0 Å². The second kappa shape index (κ2) is 49.2. The Morgan fingerprint density at radius 2 is 0.585 bits per heavy atom. The Hall–Kier alpha value is 1.61. The molecule has 0 aromatic heterocycles. The molecular formula is C41H142N2O12Si10. The first kappa shape index (κ1) is 126. The molecule has 428 valence electrons. The van der Waals surface area contributed by atoms with Gasteiger partial charge < -0.3 is 64.1 Å². The normalized spacial score (nSPS) is 11.7. The Bertz CT molecular complexity index is 874. The summed E-state index contributed by atoms with van der Waals surface area (Å²) in [7, 11) is -21.6. The number of rotatable bonds is 20. The highest BCUT2D eigenvalue weighted by atomic mass is 28.5. The van der Waals surface area contributed by atoms with E-state index < -0.39 is 84.9 Å². The molecule has 0 aromatic carbocycles. The molecular weight excluding hydrogens is 993 g/mol. The number of aliphatic hydroxyl groups excluding tert-OH is 2. The van der Waals surface area contributed by atoms with Crippen LogP contribution in [0.2, 0.25) is 137 Å². The molecule has 0 aliphatic heterocycles. The smallest absolute Gasteiger partial charge is 0.437 e. The monoisotopic (exact) mass is 1130 g/mol. The highest BCUT2D eigenvalue weighted by Crippen LogP contribution is 2.23. The van der Waals surface area contributed by atoms with Gasteiger partial charge in [-0.25, -0.2) is 0 Å². The third-order valence-corrected chi connectivity index (χ3v) is 36.7. The number of hydrogen-bond donors (Lipinski definition) is 5. The van der Waals surface area contributed by atoms with Crippen LogP contribution in [-0.4, -0.2) is 126 Å². The van der Waals surface area contributed by atoms with Crippen LogP contribution in [0.1, 0.15) is 119 Å². The number of aliphatic hydroxyl groups is 2. The SMILES string of the molecule is C.C.C.C.C.C.C.C.C.C.C.C.C.C.C.C.C[Si](C)(C)O[Si](C)(C)O[Si](C)(O)O[Si](C)(C)C.C[Si](C)(CN)O[Si](C)(C)O[Si](C)(C)OCN.C[Si](C)(CO)O[Si](C)(C)O[Si](C)(C)OCO. The molecule has 7 N–H and O–H groups in total. The Balaban J connectivity index is -0.0000000256. The van der Waals surface area contributed by atoms with Gasteiger partial charge in [0.2, 0.25) is 8.32 Å².